The first-order valence-electron chi connectivity index (χ1n) is 7.61. The molecule has 1 unspecified atom stereocenters. The Kier molecular flexibility index (Phi) is 5.76. The number of benzene rings is 1. The summed E-state index contributed by atoms with van der Waals surface area (Å²) in [6, 6.07) is 4.90. The van der Waals surface area contributed by atoms with E-state index in [9.17, 15) is 14.4 Å². The molecule has 0 aliphatic carbocycles. The van der Waals surface area contributed by atoms with Gasteiger partial charge in [0.2, 0.25) is 0 Å². The fraction of sp³-hybridized carbons (Fsp3) is 0.600. The molecule has 0 spiro atoms. The summed E-state index contributed by atoms with van der Waals surface area (Å²) >= 11 is 0. The molecule has 0 saturated carbocycles. The van der Waals surface area contributed by atoms with Gasteiger partial charge in [0.05, 0.1) is 0 Å². The maximum atomic E-state index is 13.5. The number of nitrogens with zero attached hydrogens (tertiary/aromatic N) is 2. The zero-order valence-electron chi connectivity index (χ0n) is 12.8. The van der Waals surface area contributed by atoms with Crippen LogP contribution in [0, 0.1) is 5.82 Å². The zero-order valence-corrected chi connectivity index (χ0v) is 12.8. The minimum Gasteiger partial charge on any atom is -0.423 e. The van der Waals surface area contributed by atoms with E-state index in [-0.39, 0.29) is 5.46 Å². The van der Waals surface area contributed by atoms with Gasteiger partial charge in [0.1, 0.15) is 5.82 Å². The lowest BCUT2D eigenvalue weighted by Crippen LogP contribution is -2.49. The van der Waals surface area contributed by atoms with Gasteiger partial charge in [-0.25, -0.2) is 4.39 Å². The SMILES string of the molecule is CCC(C)N1CCN(Cc2cc(F)cc(B(O)O)c2)CC1. The monoisotopic (exact) mass is 294 g/mol. The number of piperazine rings is 1. The second-order valence-corrected chi connectivity index (χ2v) is 5.84. The second kappa shape index (κ2) is 7.36. The molecule has 1 atom stereocenters. The van der Waals surface area contributed by atoms with Crippen molar-refractivity contribution in [3.63, 3.8) is 0 Å². The molecule has 0 bridgehead atoms. The molecular formula is C15H24BFN2O2. The average molecular weight is 294 g/mol. The summed E-state index contributed by atoms with van der Waals surface area (Å²) in [5.74, 6) is -0.422. The fourth-order valence-electron chi connectivity index (χ4n) is 2.79. The van der Waals surface area contributed by atoms with Crippen molar-refractivity contribution in [1.29, 1.82) is 0 Å². The van der Waals surface area contributed by atoms with Gasteiger partial charge in [-0.3, -0.25) is 9.80 Å². The Labute approximate surface area is 126 Å². The molecule has 0 radical (unpaired) electrons. The molecular weight excluding hydrogens is 270 g/mol. The highest BCUT2D eigenvalue weighted by Gasteiger charge is 2.21. The third kappa shape index (κ3) is 4.51. The van der Waals surface area contributed by atoms with E-state index in [1.165, 1.54) is 6.07 Å². The van der Waals surface area contributed by atoms with E-state index < -0.39 is 12.9 Å². The van der Waals surface area contributed by atoms with Crippen molar-refractivity contribution in [3.05, 3.63) is 29.6 Å². The Bertz CT molecular complexity index is 465. The van der Waals surface area contributed by atoms with Crippen LogP contribution in [-0.2, 0) is 6.54 Å². The first-order chi connectivity index (χ1) is 9.99. The summed E-state index contributed by atoms with van der Waals surface area (Å²) in [6.45, 7) is 9.06. The highest BCUT2D eigenvalue weighted by molar-refractivity contribution is 6.58. The van der Waals surface area contributed by atoms with Gasteiger partial charge in [-0.2, -0.15) is 0 Å². The largest absolute Gasteiger partial charge is 0.488 e. The average Bonchev–Trinajstić information content (AvgIpc) is 2.46. The summed E-state index contributed by atoms with van der Waals surface area (Å²) in [5.41, 5.74) is 0.998. The lowest BCUT2D eigenvalue weighted by atomic mass is 9.79. The lowest BCUT2D eigenvalue weighted by Gasteiger charge is -2.37. The van der Waals surface area contributed by atoms with Crippen LogP contribution in [0.15, 0.2) is 18.2 Å². The van der Waals surface area contributed by atoms with Crippen molar-refractivity contribution < 1.29 is 14.4 Å². The third-order valence-corrected chi connectivity index (χ3v) is 4.31. The predicted octanol–water partition coefficient (Wildman–Crippen LogP) is 0.422. The topological polar surface area (TPSA) is 46.9 Å². The first-order valence-corrected chi connectivity index (χ1v) is 7.61. The first kappa shape index (κ1) is 16.4. The maximum Gasteiger partial charge on any atom is 0.488 e. The highest BCUT2D eigenvalue weighted by atomic mass is 19.1. The third-order valence-electron chi connectivity index (χ3n) is 4.31. The van der Waals surface area contributed by atoms with Crippen molar-refractivity contribution >= 4 is 12.6 Å². The normalized spacial score (nSPS) is 18.7. The number of rotatable bonds is 5. The smallest absolute Gasteiger partial charge is 0.423 e. The van der Waals surface area contributed by atoms with E-state index in [1.54, 1.807) is 6.07 Å². The molecule has 1 saturated heterocycles. The molecule has 0 amide bonds. The number of halogens is 1. The van der Waals surface area contributed by atoms with Gasteiger partial charge in [0.15, 0.2) is 0 Å². The molecule has 21 heavy (non-hydrogen) atoms. The predicted molar refractivity (Wildman–Crippen MR) is 82.8 cm³/mol. The molecule has 4 nitrogen and oxygen atoms in total. The molecule has 1 aliphatic heterocycles. The summed E-state index contributed by atoms with van der Waals surface area (Å²) in [6.07, 6.45) is 1.15. The van der Waals surface area contributed by atoms with Gasteiger partial charge >= 0.3 is 7.12 Å². The van der Waals surface area contributed by atoms with Crippen LogP contribution < -0.4 is 5.46 Å². The molecule has 1 aromatic rings. The summed E-state index contributed by atoms with van der Waals surface area (Å²) in [7, 11) is -1.62. The Morgan fingerprint density at radius 2 is 1.86 bits per heavy atom. The van der Waals surface area contributed by atoms with E-state index in [4.69, 9.17) is 0 Å². The van der Waals surface area contributed by atoms with Gasteiger partial charge in [0, 0.05) is 38.8 Å². The molecule has 116 valence electrons. The van der Waals surface area contributed by atoms with Gasteiger partial charge in [0.25, 0.3) is 0 Å². The van der Waals surface area contributed by atoms with Gasteiger partial charge in [-0.15, -0.1) is 0 Å². The summed E-state index contributed by atoms with van der Waals surface area (Å²) in [5, 5.41) is 18.3. The van der Waals surface area contributed by atoms with Crippen molar-refractivity contribution in [2.75, 3.05) is 26.2 Å². The van der Waals surface area contributed by atoms with Crippen LogP contribution in [0.25, 0.3) is 0 Å². The van der Waals surface area contributed by atoms with Crippen LogP contribution in [0.1, 0.15) is 25.8 Å². The van der Waals surface area contributed by atoms with Crippen molar-refractivity contribution in [2.24, 2.45) is 0 Å². The Balaban J connectivity index is 1.94. The molecule has 1 fully saturated rings. The number of hydrogen-bond donors (Lipinski definition) is 2. The molecule has 1 heterocycles. The Hall–Kier alpha value is -0.945. The van der Waals surface area contributed by atoms with E-state index in [0.29, 0.717) is 12.6 Å². The Morgan fingerprint density at radius 1 is 1.19 bits per heavy atom. The molecule has 2 N–H and O–H groups in total. The van der Waals surface area contributed by atoms with Crippen molar-refractivity contribution in [1.82, 2.24) is 9.80 Å². The van der Waals surface area contributed by atoms with Crippen LogP contribution in [-0.4, -0.2) is 59.2 Å². The second-order valence-electron chi connectivity index (χ2n) is 5.84. The number of hydrogen-bond acceptors (Lipinski definition) is 4. The minimum atomic E-state index is -1.62. The molecule has 0 aromatic heterocycles. The van der Waals surface area contributed by atoms with Crippen molar-refractivity contribution in [3.8, 4) is 0 Å². The van der Waals surface area contributed by atoms with Crippen LogP contribution in [0.4, 0.5) is 4.39 Å². The van der Waals surface area contributed by atoms with E-state index in [2.05, 4.69) is 23.6 Å². The fourth-order valence-corrected chi connectivity index (χ4v) is 2.79. The minimum absolute atomic E-state index is 0.211. The summed E-state index contributed by atoms with van der Waals surface area (Å²) in [4.78, 5) is 4.76. The van der Waals surface area contributed by atoms with Gasteiger partial charge in [-0.05, 0) is 36.5 Å². The maximum absolute atomic E-state index is 13.5. The molecule has 2 rings (SSSR count). The molecule has 6 heteroatoms. The van der Waals surface area contributed by atoms with Crippen LogP contribution in [0.5, 0.6) is 0 Å². The summed E-state index contributed by atoms with van der Waals surface area (Å²) < 4.78 is 13.5. The Morgan fingerprint density at radius 3 is 2.43 bits per heavy atom. The van der Waals surface area contributed by atoms with E-state index in [1.807, 2.05) is 0 Å². The highest BCUT2D eigenvalue weighted by Crippen LogP contribution is 2.12. The molecule has 1 aromatic carbocycles. The molecule has 1 aliphatic rings. The van der Waals surface area contributed by atoms with Crippen LogP contribution in [0.2, 0.25) is 0 Å². The standard InChI is InChI=1S/C15H24BFN2O2/c1-3-12(2)19-6-4-18(5-7-19)11-13-8-14(16(20)21)10-15(17)9-13/h8-10,12,20-21H,3-7,11H2,1-2H3. The van der Waals surface area contributed by atoms with Crippen LogP contribution >= 0.6 is 0 Å². The van der Waals surface area contributed by atoms with Gasteiger partial charge in [-0.1, -0.05) is 13.0 Å². The van der Waals surface area contributed by atoms with Gasteiger partial charge < -0.3 is 10.0 Å². The quantitative estimate of drug-likeness (QED) is 0.773. The van der Waals surface area contributed by atoms with E-state index in [0.717, 1.165) is 44.2 Å². The lowest BCUT2D eigenvalue weighted by molar-refractivity contribution is 0.0963. The van der Waals surface area contributed by atoms with Crippen molar-refractivity contribution in [2.45, 2.75) is 32.9 Å². The van der Waals surface area contributed by atoms with Crippen LogP contribution in [0.3, 0.4) is 0 Å². The van der Waals surface area contributed by atoms with E-state index >= 15 is 0 Å². The zero-order chi connectivity index (χ0) is 15.4.